The van der Waals surface area contributed by atoms with E-state index in [-0.39, 0.29) is 18.4 Å². The average molecular weight is 269 g/mol. The molecule has 1 aliphatic heterocycles. The van der Waals surface area contributed by atoms with Crippen molar-refractivity contribution in [3.63, 3.8) is 0 Å². The lowest BCUT2D eigenvalue weighted by Crippen LogP contribution is -2.18. The fourth-order valence-electron chi connectivity index (χ4n) is 1.81. The lowest BCUT2D eigenvalue weighted by Gasteiger charge is -2.10. The Balaban J connectivity index is 2.04. The zero-order valence-electron chi connectivity index (χ0n) is 10.0. The molecule has 1 heterocycles. The highest BCUT2D eigenvalue weighted by Crippen LogP contribution is 2.18. The summed E-state index contributed by atoms with van der Waals surface area (Å²) in [5.41, 5.74) is -0.794. The van der Waals surface area contributed by atoms with Crippen LogP contribution in [0.2, 0.25) is 0 Å². The van der Waals surface area contributed by atoms with E-state index in [0.717, 1.165) is 31.0 Å². The number of ether oxygens (including phenoxy) is 2. The molecule has 0 bridgehead atoms. The SMILES string of the molecule is O=C(OCC1CCCO1)c1cc([N+](=O)[O-])ccc1F. The van der Waals surface area contributed by atoms with E-state index in [2.05, 4.69) is 0 Å². The predicted octanol–water partition coefficient (Wildman–Crippen LogP) is 2.07. The van der Waals surface area contributed by atoms with Crippen LogP contribution in [0, 0.1) is 15.9 Å². The minimum absolute atomic E-state index is 0.0287. The van der Waals surface area contributed by atoms with Gasteiger partial charge in [0.1, 0.15) is 18.0 Å². The summed E-state index contributed by atoms with van der Waals surface area (Å²) in [6, 6.07) is 2.74. The van der Waals surface area contributed by atoms with Crippen LogP contribution < -0.4 is 0 Å². The normalized spacial score (nSPS) is 18.3. The van der Waals surface area contributed by atoms with Crippen LogP contribution in [0.15, 0.2) is 18.2 Å². The Kier molecular flexibility index (Phi) is 4.06. The van der Waals surface area contributed by atoms with Crippen LogP contribution in [0.5, 0.6) is 0 Å². The van der Waals surface area contributed by atoms with Crippen molar-refractivity contribution in [2.45, 2.75) is 18.9 Å². The summed E-state index contributed by atoms with van der Waals surface area (Å²) in [4.78, 5) is 21.5. The number of rotatable bonds is 4. The van der Waals surface area contributed by atoms with Gasteiger partial charge in [-0.05, 0) is 18.9 Å². The molecule has 0 aliphatic carbocycles. The first kappa shape index (κ1) is 13.4. The van der Waals surface area contributed by atoms with Gasteiger partial charge >= 0.3 is 5.97 Å². The highest BCUT2D eigenvalue weighted by Gasteiger charge is 2.21. The topological polar surface area (TPSA) is 78.7 Å². The van der Waals surface area contributed by atoms with Crippen LogP contribution in [0.3, 0.4) is 0 Å². The summed E-state index contributed by atoms with van der Waals surface area (Å²) in [7, 11) is 0. The van der Waals surface area contributed by atoms with Crippen molar-refractivity contribution in [2.75, 3.05) is 13.2 Å². The van der Waals surface area contributed by atoms with E-state index >= 15 is 0 Å². The zero-order chi connectivity index (χ0) is 13.8. The van der Waals surface area contributed by atoms with Crippen LogP contribution >= 0.6 is 0 Å². The third-order valence-electron chi connectivity index (χ3n) is 2.80. The van der Waals surface area contributed by atoms with Crippen molar-refractivity contribution in [2.24, 2.45) is 0 Å². The van der Waals surface area contributed by atoms with E-state index in [9.17, 15) is 19.3 Å². The molecule has 1 aromatic rings. The molecule has 1 aromatic carbocycles. The third-order valence-corrected chi connectivity index (χ3v) is 2.80. The van der Waals surface area contributed by atoms with Gasteiger partial charge in [-0.3, -0.25) is 10.1 Å². The van der Waals surface area contributed by atoms with Gasteiger partial charge in [-0.25, -0.2) is 9.18 Å². The standard InChI is InChI=1S/C12H12FNO5/c13-11-4-3-8(14(16)17)6-10(11)12(15)19-7-9-2-1-5-18-9/h3-4,6,9H,1-2,5,7H2. The molecular formula is C12H12FNO5. The first-order chi connectivity index (χ1) is 9.08. The Morgan fingerprint density at radius 1 is 1.58 bits per heavy atom. The number of nitro groups is 1. The number of carbonyl (C=O) groups excluding carboxylic acids is 1. The van der Waals surface area contributed by atoms with Crippen molar-refractivity contribution in [3.8, 4) is 0 Å². The van der Waals surface area contributed by atoms with Gasteiger partial charge in [0.05, 0.1) is 11.0 Å². The van der Waals surface area contributed by atoms with E-state index in [1.54, 1.807) is 0 Å². The minimum Gasteiger partial charge on any atom is -0.459 e. The van der Waals surface area contributed by atoms with Crippen molar-refractivity contribution in [3.05, 3.63) is 39.7 Å². The first-order valence-electron chi connectivity index (χ1n) is 5.80. The number of hydrogen-bond donors (Lipinski definition) is 0. The van der Waals surface area contributed by atoms with Crippen LogP contribution in [0.4, 0.5) is 10.1 Å². The lowest BCUT2D eigenvalue weighted by atomic mass is 10.2. The van der Waals surface area contributed by atoms with Gasteiger partial charge in [-0.2, -0.15) is 0 Å². The number of hydrogen-bond acceptors (Lipinski definition) is 5. The van der Waals surface area contributed by atoms with Crippen LogP contribution in [-0.4, -0.2) is 30.2 Å². The maximum absolute atomic E-state index is 13.4. The Bertz CT molecular complexity index is 499. The number of halogens is 1. The number of carbonyl (C=O) groups is 1. The summed E-state index contributed by atoms with van der Waals surface area (Å²) in [5.74, 6) is -1.76. The molecule has 1 fully saturated rings. The smallest absolute Gasteiger partial charge is 0.341 e. The molecule has 0 saturated carbocycles. The fourth-order valence-corrected chi connectivity index (χ4v) is 1.81. The molecule has 1 atom stereocenters. The molecule has 6 nitrogen and oxygen atoms in total. The fraction of sp³-hybridized carbons (Fsp3) is 0.417. The van der Waals surface area contributed by atoms with Crippen LogP contribution in [-0.2, 0) is 9.47 Å². The molecule has 0 spiro atoms. The second-order valence-electron chi connectivity index (χ2n) is 4.15. The Morgan fingerprint density at radius 3 is 3.00 bits per heavy atom. The Hall–Kier alpha value is -2.02. The number of nitrogens with zero attached hydrogens (tertiary/aromatic N) is 1. The zero-order valence-corrected chi connectivity index (χ0v) is 10.0. The Morgan fingerprint density at radius 2 is 2.37 bits per heavy atom. The van der Waals surface area contributed by atoms with Crippen molar-refractivity contribution < 1.29 is 23.6 Å². The maximum atomic E-state index is 13.4. The minimum atomic E-state index is -0.920. The molecule has 0 N–H and O–H groups in total. The lowest BCUT2D eigenvalue weighted by molar-refractivity contribution is -0.384. The predicted molar refractivity (Wildman–Crippen MR) is 62.3 cm³/mol. The van der Waals surface area contributed by atoms with Crippen molar-refractivity contribution in [1.82, 2.24) is 0 Å². The molecule has 0 aromatic heterocycles. The average Bonchev–Trinajstić information content (AvgIpc) is 2.89. The monoisotopic (exact) mass is 269 g/mol. The van der Waals surface area contributed by atoms with Gasteiger partial charge in [0.25, 0.3) is 5.69 Å². The number of non-ortho nitro benzene ring substituents is 1. The van der Waals surface area contributed by atoms with Gasteiger partial charge < -0.3 is 9.47 Å². The maximum Gasteiger partial charge on any atom is 0.341 e. The summed E-state index contributed by atoms with van der Waals surface area (Å²) in [5, 5.41) is 10.6. The Labute approximate surface area is 108 Å². The molecule has 1 aliphatic rings. The number of nitro benzene ring substituents is 1. The second-order valence-corrected chi connectivity index (χ2v) is 4.15. The van der Waals surface area contributed by atoms with Crippen molar-refractivity contribution >= 4 is 11.7 Å². The first-order valence-corrected chi connectivity index (χ1v) is 5.80. The molecule has 7 heteroatoms. The van der Waals surface area contributed by atoms with Crippen LogP contribution in [0.25, 0.3) is 0 Å². The highest BCUT2D eigenvalue weighted by atomic mass is 19.1. The summed E-state index contributed by atoms with van der Waals surface area (Å²) in [6.07, 6.45) is 1.50. The second kappa shape index (κ2) is 5.75. The summed E-state index contributed by atoms with van der Waals surface area (Å²) in [6.45, 7) is 0.647. The molecule has 0 amide bonds. The molecule has 0 radical (unpaired) electrons. The van der Waals surface area contributed by atoms with Gasteiger partial charge in [0.2, 0.25) is 0 Å². The molecule has 1 saturated heterocycles. The molecule has 102 valence electrons. The summed E-state index contributed by atoms with van der Waals surface area (Å²) < 4.78 is 23.6. The summed E-state index contributed by atoms with van der Waals surface area (Å²) >= 11 is 0. The number of benzene rings is 1. The molecule has 1 unspecified atom stereocenters. The molecule has 2 rings (SSSR count). The van der Waals surface area contributed by atoms with E-state index in [0.29, 0.717) is 6.61 Å². The van der Waals surface area contributed by atoms with E-state index in [1.165, 1.54) is 0 Å². The van der Waals surface area contributed by atoms with E-state index in [1.807, 2.05) is 0 Å². The largest absolute Gasteiger partial charge is 0.459 e. The van der Waals surface area contributed by atoms with Gasteiger partial charge in [-0.15, -0.1) is 0 Å². The van der Waals surface area contributed by atoms with Gasteiger partial charge in [0.15, 0.2) is 0 Å². The van der Waals surface area contributed by atoms with E-state index < -0.39 is 22.3 Å². The molecular weight excluding hydrogens is 257 g/mol. The third kappa shape index (κ3) is 3.25. The quantitative estimate of drug-likeness (QED) is 0.475. The number of esters is 1. The molecule has 19 heavy (non-hydrogen) atoms. The highest BCUT2D eigenvalue weighted by molar-refractivity contribution is 5.90. The van der Waals surface area contributed by atoms with Crippen molar-refractivity contribution in [1.29, 1.82) is 0 Å². The van der Waals surface area contributed by atoms with Gasteiger partial charge in [-0.1, -0.05) is 0 Å². The van der Waals surface area contributed by atoms with E-state index in [4.69, 9.17) is 9.47 Å². The van der Waals surface area contributed by atoms with Crippen LogP contribution in [0.1, 0.15) is 23.2 Å². The van der Waals surface area contributed by atoms with Gasteiger partial charge in [0, 0.05) is 18.7 Å².